The fourth-order valence-corrected chi connectivity index (χ4v) is 5.38. The van der Waals surface area contributed by atoms with Gasteiger partial charge >= 0.3 is 0 Å². The average molecular weight is 366 g/mol. The zero-order valence-electron chi connectivity index (χ0n) is 15.1. The third-order valence-corrected chi connectivity index (χ3v) is 6.67. The van der Waals surface area contributed by atoms with Crippen LogP contribution in [0, 0.1) is 35.5 Å². The molecule has 1 aromatic rings. The van der Waals surface area contributed by atoms with Crippen molar-refractivity contribution in [2.24, 2.45) is 35.5 Å². The number of benzene rings is 1. The van der Waals surface area contributed by atoms with Gasteiger partial charge in [0.1, 0.15) is 5.75 Å². The van der Waals surface area contributed by atoms with E-state index in [2.05, 4.69) is 17.5 Å². The maximum absolute atomic E-state index is 12.9. The van der Waals surface area contributed by atoms with Gasteiger partial charge in [-0.25, -0.2) is 0 Å². The number of hydrogen-bond acceptors (Lipinski definition) is 4. The Morgan fingerprint density at radius 2 is 1.81 bits per heavy atom. The molecule has 6 heteroatoms. The van der Waals surface area contributed by atoms with Crippen molar-refractivity contribution in [2.75, 3.05) is 19.0 Å². The maximum atomic E-state index is 12.9. The molecule has 4 aliphatic carbocycles. The van der Waals surface area contributed by atoms with Crippen molar-refractivity contribution >= 4 is 23.4 Å². The maximum Gasteiger partial charge on any atom is 0.233 e. The summed E-state index contributed by atoms with van der Waals surface area (Å²) in [5, 5.41) is 2.80. The number of amides is 3. The molecule has 0 unspecified atom stereocenters. The summed E-state index contributed by atoms with van der Waals surface area (Å²) < 4.78 is 5.14. The van der Waals surface area contributed by atoms with Crippen molar-refractivity contribution in [2.45, 2.75) is 12.8 Å². The predicted octanol–water partition coefficient (Wildman–Crippen LogP) is 2.08. The first-order valence-electron chi connectivity index (χ1n) is 9.56. The number of methoxy groups -OCH3 is 1. The van der Waals surface area contributed by atoms with Crippen LogP contribution in [0.15, 0.2) is 36.4 Å². The Morgan fingerprint density at radius 3 is 2.44 bits per heavy atom. The molecule has 1 aliphatic heterocycles. The standard InChI is InChI=1S/C21H22N2O4/c1-27-12-4-2-3-11(9-12)22-17(24)7-8-23-20(25)18-13-5-6-14(16-10-15(13)16)19(18)21(23)26/h2-6,9,13-16,18-19H,7-8,10H2,1H3,(H,22,24)/t13-,14-,15-,16-,18+,19+/m1/s1. The molecule has 1 aromatic carbocycles. The topological polar surface area (TPSA) is 75.7 Å². The van der Waals surface area contributed by atoms with Gasteiger partial charge in [0.2, 0.25) is 17.7 Å². The van der Waals surface area contributed by atoms with E-state index in [9.17, 15) is 14.4 Å². The van der Waals surface area contributed by atoms with Crippen LogP contribution in [-0.2, 0) is 14.4 Å². The summed E-state index contributed by atoms with van der Waals surface area (Å²) >= 11 is 0. The first-order valence-corrected chi connectivity index (χ1v) is 9.56. The summed E-state index contributed by atoms with van der Waals surface area (Å²) in [6.07, 6.45) is 5.57. The number of imide groups is 1. The van der Waals surface area contributed by atoms with Crippen LogP contribution in [-0.4, -0.2) is 36.3 Å². The zero-order valence-corrected chi connectivity index (χ0v) is 15.1. The minimum absolute atomic E-state index is 0.0797. The van der Waals surface area contributed by atoms with E-state index in [1.165, 1.54) is 4.90 Å². The fraction of sp³-hybridized carbons (Fsp3) is 0.476. The smallest absolute Gasteiger partial charge is 0.233 e. The molecule has 140 valence electrons. The third kappa shape index (κ3) is 2.50. The van der Waals surface area contributed by atoms with Crippen molar-refractivity contribution in [3.63, 3.8) is 0 Å². The van der Waals surface area contributed by atoms with E-state index < -0.39 is 0 Å². The molecule has 1 N–H and O–H groups in total. The number of nitrogens with one attached hydrogen (secondary N) is 1. The van der Waals surface area contributed by atoms with Gasteiger partial charge in [-0.2, -0.15) is 0 Å². The van der Waals surface area contributed by atoms with Gasteiger partial charge in [-0.05, 0) is 42.2 Å². The SMILES string of the molecule is COc1cccc(NC(=O)CCN2C(=O)[C@H]3[C@@H]4C=C[C@H]([C@H]5C[C@H]45)[C@@H]3C2=O)c1. The highest BCUT2D eigenvalue weighted by molar-refractivity contribution is 6.06. The van der Waals surface area contributed by atoms with Crippen LogP contribution >= 0.6 is 0 Å². The van der Waals surface area contributed by atoms with Crippen LogP contribution in [0.25, 0.3) is 0 Å². The Kier molecular flexibility index (Phi) is 3.64. The molecule has 2 bridgehead atoms. The Balaban J connectivity index is 1.24. The average Bonchev–Trinajstić information content (AvgIpc) is 3.45. The highest BCUT2D eigenvalue weighted by Crippen LogP contribution is 2.65. The minimum Gasteiger partial charge on any atom is -0.497 e. The van der Waals surface area contributed by atoms with Gasteiger partial charge in [0.25, 0.3) is 0 Å². The van der Waals surface area contributed by atoms with Gasteiger partial charge in [0.05, 0.1) is 18.9 Å². The van der Waals surface area contributed by atoms with E-state index in [1.54, 1.807) is 31.4 Å². The van der Waals surface area contributed by atoms with E-state index in [-0.39, 0.29) is 54.4 Å². The molecule has 0 radical (unpaired) electrons. The molecule has 1 saturated heterocycles. The number of nitrogens with zero attached hydrogens (tertiary/aromatic N) is 1. The monoisotopic (exact) mass is 366 g/mol. The summed E-state index contributed by atoms with van der Waals surface area (Å²) in [7, 11) is 1.57. The Labute approximate surface area is 157 Å². The van der Waals surface area contributed by atoms with E-state index in [4.69, 9.17) is 4.74 Å². The number of rotatable bonds is 5. The molecule has 2 saturated carbocycles. The normalized spacial score (nSPS) is 35.1. The summed E-state index contributed by atoms with van der Waals surface area (Å²) in [6.45, 7) is 0.148. The molecule has 3 amide bonds. The quantitative estimate of drug-likeness (QED) is 0.639. The fourth-order valence-electron chi connectivity index (χ4n) is 5.38. The van der Waals surface area contributed by atoms with E-state index >= 15 is 0 Å². The highest BCUT2D eigenvalue weighted by Gasteiger charge is 2.66. The Hall–Kier alpha value is -2.63. The largest absolute Gasteiger partial charge is 0.497 e. The van der Waals surface area contributed by atoms with Crippen molar-refractivity contribution < 1.29 is 19.1 Å². The lowest BCUT2D eigenvalue weighted by Crippen LogP contribution is -2.40. The van der Waals surface area contributed by atoms with Crippen LogP contribution in [0.3, 0.4) is 0 Å². The van der Waals surface area contributed by atoms with Gasteiger partial charge in [0.15, 0.2) is 0 Å². The van der Waals surface area contributed by atoms with Gasteiger partial charge in [0, 0.05) is 24.7 Å². The van der Waals surface area contributed by atoms with Crippen molar-refractivity contribution in [3.05, 3.63) is 36.4 Å². The van der Waals surface area contributed by atoms with E-state index in [0.29, 0.717) is 23.3 Å². The molecular weight excluding hydrogens is 344 g/mol. The molecule has 6 atom stereocenters. The number of allylic oxidation sites excluding steroid dienone is 2. The molecule has 1 heterocycles. The number of likely N-dealkylation sites (tertiary alicyclic amines) is 1. The Morgan fingerprint density at radius 1 is 1.15 bits per heavy atom. The molecular formula is C21H22N2O4. The molecule has 0 aromatic heterocycles. The van der Waals surface area contributed by atoms with E-state index in [1.807, 2.05) is 0 Å². The second-order valence-electron chi connectivity index (χ2n) is 8.01. The van der Waals surface area contributed by atoms with Gasteiger partial charge in [-0.15, -0.1) is 0 Å². The third-order valence-electron chi connectivity index (χ3n) is 6.67. The van der Waals surface area contributed by atoms with Crippen molar-refractivity contribution in [1.29, 1.82) is 0 Å². The lowest BCUT2D eigenvalue weighted by molar-refractivity contribution is -0.140. The predicted molar refractivity (Wildman–Crippen MR) is 97.7 cm³/mol. The number of anilines is 1. The van der Waals surface area contributed by atoms with Gasteiger partial charge in [-0.3, -0.25) is 19.3 Å². The lowest BCUT2D eigenvalue weighted by atomic mass is 9.63. The van der Waals surface area contributed by atoms with Crippen molar-refractivity contribution in [1.82, 2.24) is 4.90 Å². The summed E-state index contributed by atoms with van der Waals surface area (Å²) in [6, 6.07) is 7.09. The lowest BCUT2D eigenvalue weighted by Gasteiger charge is -2.37. The number of ether oxygens (including phenoxy) is 1. The van der Waals surface area contributed by atoms with Gasteiger partial charge in [-0.1, -0.05) is 18.2 Å². The molecule has 6 nitrogen and oxygen atoms in total. The molecule has 6 rings (SSSR count). The molecule has 5 aliphatic rings. The van der Waals surface area contributed by atoms with Crippen LogP contribution in [0.4, 0.5) is 5.69 Å². The van der Waals surface area contributed by atoms with Crippen LogP contribution in [0.1, 0.15) is 12.8 Å². The van der Waals surface area contributed by atoms with Gasteiger partial charge < -0.3 is 10.1 Å². The van der Waals surface area contributed by atoms with Crippen molar-refractivity contribution in [3.8, 4) is 5.75 Å². The van der Waals surface area contributed by atoms with Crippen LogP contribution in [0.2, 0.25) is 0 Å². The molecule has 0 spiro atoms. The molecule has 3 fully saturated rings. The summed E-state index contributed by atoms with van der Waals surface area (Å²) in [5.74, 6) is 1.51. The summed E-state index contributed by atoms with van der Waals surface area (Å²) in [4.78, 5) is 39.4. The summed E-state index contributed by atoms with van der Waals surface area (Å²) in [5.41, 5.74) is 0.634. The second kappa shape index (κ2) is 5.94. The zero-order chi connectivity index (χ0) is 18.7. The van der Waals surface area contributed by atoms with Crippen LogP contribution in [0.5, 0.6) is 5.75 Å². The number of hydrogen-bond donors (Lipinski definition) is 1. The Bertz CT molecular complexity index is 827. The minimum atomic E-state index is -0.220. The highest BCUT2D eigenvalue weighted by atomic mass is 16.5. The van der Waals surface area contributed by atoms with Crippen LogP contribution < -0.4 is 10.1 Å². The first kappa shape index (κ1) is 16.5. The van der Waals surface area contributed by atoms with E-state index in [0.717, 1.165) is 6.42 Å². The second-order valence-corrected chi connectivity index (χ2v) is 8.01. The number of carbonyl (C=O) groups is 3. The molecule has 27 heavy (non-hydrogen) atoms. The number of carbonyl (C=O) groups excluding carboxylic acids is 3. The first-order chi connectivity index (χ1) is 13.1.